The van der Waals surface area contributed by atoms with Gasteiger partial charge in [-0.1, -0.05) is 30.3 Å². The average Bonchev–Trinajstić information content (AvgIpc) is 2.59. The quantitative estimate of drug-likeness (QED) is 0.664. The van der Waals surface area contributed by atoms with E-state index < -0.39 is 0 Å². The van der Waals surface area contributed by atoms with E-state index in [1.54, 1.807) is 25.2 Å². The van der Waals surface area contributed by atoms with Crippen LogP contribution >= 0.6 is 22.6 Å². The number of carbonyl (C=O) groups excluding carboxylic acids is 1. The van der Waals surface area contributed by atoms with Crippen molar-refractivity contribution < 1.29 is 14.3 Å². The fourth-order valence-electron chi connectivity index (χ4n) is 2.27. The van der Waals surface area contributed by atoms with Gasteiger partial charge in [0.1, 0.15) is 0 Å². The molecule has 4 nitrogen and oxygen atoms in total. The maximum absolute atomic E-state index is 12.7. The SMILES string of the molecule is COc1cc(I)c(C(=O)N(C)CCc2ccccc2)cc1OC. The highest BCUT2D eigenvalue weighted by Gasteiger charge is 2.18. The third-order valence-corrected chi connectivity index (χ3v) is 4.52. The second-order valence-electron chi connectivity index (χ2n) is 5.15. The van der Waals surface area contributed by atoms with Gasteiger partial charge < -0.3 is 14.4 Å². The first kappa shape index (κ1) is 17.6. The Morgan fingerprint density at radius 1 is 1.09 bits per heavy atom. The lowest BCUT2D eigenvalue weighted by Crippen LogP contribution is -2.29. The van der Waals surface area contributed by atoms with Crippen LogP contribution in [0.3, 0.4) is 0 Å². The number of amides is 1. The number of rotatable bonds is 6. The summed E-state index contributed by atoms with van der Waals surface area (Å²) < 4.78 is 11.4. The minimum atomic E-state index is -0.0220. The lowest BCUT2D eigenvalue weighted by atomic mass is 10.1. The van der Waals surface area contributed by atoms with Crippen LogP contribution in [0.25, 0.3) is 0 Å². The lowest BCUT2D eigenvalue weighted by molar-refractivity contribution is 0.0795. The zero-order chi connectivity index (χ0) is 16.8. The summed E-state index contributed by atoms with van der Waals surface area (Å²) in [6, 6.07) is 13.7. The van der Waals surface area contributed by atoms with Crippen LogP contribution in [0.2, 0.25) is 0 Å². The summed E-state index contributed by atoms with van der Waals surface area (Å²) in [5.41, 5.74) is 1.84. The maximum atomic E-state index is 12.7. The molecule has 2 aromatic carbocycles. The smallest absolute Gasteiger partial charge is 0.254 e. The molecule has 0 spiro atoms. The molecular formula is C18H20INO3. The van der Waals surface area contributed by atoms with E-state index in [0.29, 0.717) is 23.6 Å². The molecule has 0 atom stereocenters. The van der Waals surface area contributed by atoms with Gasteiger partial charge >= 0.3 is 0 Å². The van der Waals surface area contributed by atoms with Gasteiger partial charge in [0, 0.05) is 17.2 Å². The van der Waals surface area contributed by atoms with Gasteiger partial charge in [0.25, 0.3) is 5.91 Å². The van der Waals surface area contributed by atoms with Crippen molar-refractivity contribution in [1.29, 1.82) is 0 Å². The van der Waals surface area contributed by atoms with Crippen molar-refractivity contribution >= 4 is 28.5 Å². The van der Waals surface area contributed by atoms with Gasteiger partial charge in [-0.3, -0.25) is 4.79 Å². The van der Waals surface area contributed by atoms with Gasteiger partial charge in [-0.15, -0.1) is 0 Å². The molecule has 122 valence electrons. The Balaban J connectivity index is 2.12. The third kappa shape index (κ3) is 4.37. The summed E-state index contributed by atoms with van der Waals surface area (Å²) in [5, 5.41) is 0. The Morgan fingerprint density at radius 3 is 2.30 bits per heavy atom. The molecule has 0 saturated carbocycles. The number of halogens is 1. The Kier molecular flexibility index (Phi) is 6.27. The molecular weight excluding hydrogens is 405 g/mol. The van der Waals surface area contributed by atoms with E-state index in [9.17, 15) is 4.79 Å². The first-order chi connectivity index (χ1) is 11.1. The second kappa shape index (κ2) is 8.19. The van der Waals surface area contributed by atoms with Gasteiger partial charge in [0.05, 0.1) is 19.8 Å². The molecule has 0 aliphatic carbocycles. The standard InChI is InChI=1S/C18H20INO3/c1-20(10-9-13-7-5-4-6-8-13)18(21)14-11-16(22-2)17(23-3)12-15(14)19/h4-8,11-12H,9-10H2,1-3H3. The molecule has 0 heterocycles. The number of ether oxygens (including phenoxy) is 2. The van der Waals surface area contributed by atoms with Crippen molar-refractivity contribution in [2.75, 3.05) is 27.8 Å². The summed E-state index contributed by atoms with van der Waals surface area (Å²) in [5.74, 6) is 1.17. The molecule has 1 amide bonds. The Labute approximate surface area is 150 Å². The zero-order valence-electron chi connectivity index (χ0n) is 13.5. The van der Waals surface area contributed by atoms with Crippen LogP contribution in [0.4, 0.5) is 0 Å². The molecule has 23 heavy (non-hydrogen) atoms. The molecule has 0 saturated heterocycles. The average molecular weight is 425 g/mol. The molecule has 0 radical (unpaired) electrons. The van der Waals surface area contributed by atoms with Crippen molar-refractivity contribution in [1.82, 2.24) is 4.90 Å². The zero-order valence-corrected chi connectivity index (χ0v) is 15.7. The molecule has 0 N–H and O–H groups in total. The minimum absolute atomic E-state index is 0.0220. The van der Waals surface area contributed by atoms with Crippen molar-refractivity contribution in [2.45, 2.75) is 6.42 Å². The predicted molar refractivity (Wildman–Crippen MR) is 99.4 cm³/mol. The van der Waals surface area contributed by atoms with Crippen LogP contribution in [0, 0.1) is 3.57 Å². The van der Waals surface area contributed by atoms with Gasteiger partial charge in [-0.2, -0.15) is 0 Å². The number of carbonyl (C=O) groups is 1. The molecule has 0 fully saturated rings. The summed E-state index contributed by atoms with van der Waals surface area (Å²) in [7, 11) is 4.97. The molecule has 5 heteroatoms. The van der Waals surface area contributed by atoms with E-state index in [1.807, 2.05) is 31.3 Å². The number of benzene rings is 2. The number of hydrogen-bond acceptors (Lipinski definition) is 3. The molecule has 0 aliphatic heterocycles. The third-order valence-electron chi connectivity index (χ3n) is 3.63. The van der Waals surface area contributed by atoms with Crippen LogP contribution in [0.15, 0.2) is 42.5 Å². The summed E-state index contributed by atoms with van der Waals surface area (Å²) in [4.78, 5) is 14.4. The van der Waals surface area contributed by atoms with Gasteiger partial charge in [0.15, 0.2) is 11.5 Å². The molecule has 0 aliphatic rings. The van der Waals surface area contributed by atoms with Crippen LogP contribution in [-0.4, -0.2) is 38.6 Å². The number of nitrogens with zero attached hydrogens (tertiary/aromatic N) is 1. The largest absolute Gasteiger partial charge is 0.493 e. The first-order valence-electron chi connectivity index (χ1n) is 7.27. The Hall–Kier alpha value is -1.76. The second-order valence-corrected chi connectivity index (χ2v) is 6.31. The molecule has 0 aromatic heterocycles. The number of likely N-dealkylation sites (N-methyl/N-ethyl adjacent to an activating group) is 1. The van der Waals surface area contributed by atoms with E-state index in [0.717, 1.165) is 9.99 Å². The molecule has 0 bridgehead atoms. The fraction of sp³-hybridized carbons (Fsp3) is 0.278. The topological polar surface area (TPSA) is 38.8 Å². The van der Waals surface area contributed by atoms with E-state index in [2.05, 4.69) is 34.7 Å². The van der Waals surface area contributed by atoms with Crippen molar-refractivity contribution in [3.8, 4) is 11.5 Å². The van der Waals surface area contributed by atoms with Crippen LogP contribution in [-0.2, 0) is 6.42 Å². The lowest BCUT2D eigenvalue weighted by Gasteiger charge is -2.19. The van der Waals surface area contributed by atoms with E-state index in [-0.39, 0.29) is 5.91 Å². The maximum Gasteiger partial charge on any atom is 0.254 e. The van der Waals surface area contributed by atoms with Crippen molar-refractivity contribution in [2.24, 2.45) is 0 Å². The normalized spacial score (nSPS) is 10.3. The molecule has 2 rings (SSSR count). The highest BCUT2D eigenvalue weighted by molar-refractivity contribution is 14.1. The van der Waals surface area contributed by atoms with Crippen molar-refractivity contribution in [3.63, 3.8) is 0 Å². The van der Waals surface area contributed by atoms with Crippen LogP contribution < -0.4 is 9.47 Å². The number of methoxy groups -OCH3 is 2. The highest BCUT2D eigenvalue weighted by atomic mass is 127. The van der Waals surface area contributed by atoms with Gasteiger partial charge in [-0.25, -0.2) is 0 Å². The first-order valence-corrected chi connectivity index (χ1v) is 8.35. The summed E-state index contributed by atoms with van der Waals surface area (Å²) in [6.07, 6.45) is 0.826. The van der Waals surface area contributed by atoms with Crippen LogP contribution in [0.5, 0.6) is 11.5 Å². The van der Waals surface area contributed by atoms with Gasteiger partial charge in [-0.05, 0) is 46.7 Å². The van der Waals surface area contributed by atoms with E-state index in [4.69, 9.17) is 9.47 Å². The summed E-state index contributed by atoms with van der Waals surface area (Å²) >= 11 is 2.15. The number of hydrogen-bond donors (Lipinski definition) is 0. The minimum Gasteiger partial charge on any atom is -0.493 e. The molecule has 2 aromatic rings. The van der Waals surface area contributed by atoms with Gasteiger partial charge in [0.2, 0.25) is 0 Å². The Morgan fingerprint density at radius 2 is 1.70 bits per heavy atom. The monoisotopic (exact) mass is 425 g/mol. The highest BCUT2D eigenvalue weighted by Crippen LogP contribution is 2.31. The predicted octanol–water partition coefficient (Wildman–Crippen LogP) is 3.62. The molecule has 0 unspecified atom stereocenters. The Bertz CT molecular complexity index is 673. The van der Waals surface area contributed by atoms with Crippen molar-refractivity contribution in [3.05, 3.63) is 57.2 Å². The van der Waals surface area contributed by atoms with E-state index in [1.165, 1.54) is 5.56 Å². The summed E-state index contributed by atoms with van der Waals surface area (Å²) in [6.45, 7) is 0.660. The van der Waals surface area contributed by atoms with E-state index >= 15 is 0 Å². The fourth-order valence-corrected chi connectivity index (χ4v) is 2.94. The van der Waals surface area contributed by atoms with Crippen LogP contribution in [0.1, 0.15) is 15.9 Å².